The first-order chi connectivity index (χ1) is 14.0. The van der Waals surface area contributed by atoms with E-state index in [9.17, 15) is 9.59 Å². The topological polar surface area (TPSA) is 86.3 Å². The molecule has 0 bridgehead atoms. The summed E-state index contributed by atoms with van der Waals surface area (Å²) in [6.07, 6.45) is 1.64. The van der Waals surface area contributed by atoms with Crippen molar-refractivity contribution in [2.45, 2.75) is 12.6 Å². The maximum atomic E-state index is 12.7. The summed E-state index contributed by atoms with van der Waals surface area (Å²) < 4.78 is 9.95. The highest BCUT2D eigenvalue weighted by atomic mass is 35.5. The number of nitrogens with zero attached hydrogens (tertiary/aromatic N) is 5. The molecule has 0 aliphatic carbocycles. The molecule has 1 aromatic carbocycles. The average molecular weight is 435 g/mol. The Morgan fingerprint density at radius 2 is 1.93 bits per heavy atom. The van der Waals surface area contributed by atoms with Crippen LogP contribution in [0.1, 0.15) is 11.6 Å². The van der Waals surface area contributed by atoms with Crippen molar-refractivity contribution >= 4 is 23.6 Å². The number of hydrogen-bond donors (Lipinski definition) is 1. The van der Waals surface area contributed by atoms with Crippen LogP contribution < -0.4 is 21.3 Å². The van der Waals surface area contributed by atoms with Crippen LogP contribution in [0.25, 0.3) is 11.2 Å². The van der Waals surface area contributed by atoms with Crippen LogP contribution in [0.3, 0.4) is 0 Å². The molecule has 3 aromatic rings. The number of para-hydroxylation sites is 1. The van der Waals surface area contributed by atoms with E-state index in [1.165, 1.54) is 11.6 Å². The number of ether oxygens (including phenoxy) is 1. The van der Waals surface area contributed by atoms with E-state index in [-0.39, 0.29) is 29.7 Å². The summed E-state index contributed by atoms with van der Waals surface area (Å²) in [7, 11) is 4.82. The molecule has 1 unspecified atom stereocenters. The molecule has 0 spiro atoms. The summed E-state index contributed by atoms with van der Waals surface area (Å²) in [6, 6.07) is 8.26. The first-order valence-corrected chi connectivity index (χ1v) is 9.71. The van der Waals surface area contributed by atoms with E-state index in [4.69, 9.17) is 4.74 Å². The highest BCUT2D eigenvalue weighted by Gasteiger charge is 2.26. The van der Waals surface area contributed by atoms with E-state index in [0.29, 0.717) is 17.7 Å². The third kappa shape index (κ3) is 3.76. The zero-order chi connectivity index (χ0) is 20.5. The number of rotatable bonds is 5. The SMILES string of the molecule is COc1ccccc1C1CNCCN1CCn1cnc2c1c(=O)n(C)c(=O)n2C.Cl. The summed E-state index contributed by atoms with van der Waals surface area (Å²) in [6.45, 7) is 4.00. The molecule has 30 heavy (non-hydrogen) atoms. The Labute approximate surface area is 180 Å². The monoisotopic (exact) mass is 434 g/mol. The molecule has 2 aromatic heterocycles. The predicted molar refractivity (Wildman–Crippen MR) is 118 cm³/mol. The van der Waals surface area contributed by atoms with E-state index >= 15 is 0 Å². The number of imidazole rings is 1. The number of methoxy groups -OCH3 is 1. The fourth-order valence-electron chi connectivity index (χ4n) is 4.07. The van der Waals surface area contributed by atoms with Crippen molar-refractivity contribution in [2.24, 2.45) is 14.1 Å². The Morgan fingerprint density at radius 1 is 1.17 bits per heavy atom. The highest BCUT2D eigenvalue weighted by Crippen LogP contribution is 2.30. The van der Waals surface area contributed by atoms with Gasteiger partial charge in [0, 0.05) is 52.4 Å². The van der Waals surface area contributed by atoms with Crippen LogP contribution in [0.4, 0.5) is 0 Å². The molecule has 0 amide bonds. The van der Waals surface area contributed by atoms with Crippen molar-refractivity contribution in [3.8, 4) is 5.75 Å². The predicted octanol–water partition coefficient (Wildman–Crippen LogP) is 0.511. The molecule has 162 valence electrons. The lowest BCUT2D eigenvalue weighted by molar-refractivity contribution is 0.154. The summed E-state index contributed by atoms with van der Waals surface area (Å²) >= 11 is 0. The van der Waals surface area contributed by atoms with Gasteiger partial charge in [-0.05, 0) is 6.07 Å². The Balaban J connectivity index is 0.00000256. The second-order valence-corrected chi connectivity index (χ2v) is 7.31. The number of fused-ring (bicyclic) bond motifs is 1. The highest BCUT2D eigenvalue weighted by molar-refractivity contribution is 5.85. The lowest BCUT2D eigenvalue weighted by atomic mass is 10.0. The molecule has 1 saturated heterocycles. The van der Waals surface area contributed by atoms with Gasteiger partial charge in [-0.1, -0.05) is 18.2 Å². The fraction of sp³-hybridized carbons (Fsp3) is 0.450. The zero-order valence-corrected chi connectivity index (χ0v) is 18.2. The standard InChI is InChI=1S/C20H26N6O3.ClH/c1-23-18-17(19(27)24(2)20(23)28)26(13-22-18)11-10-25-9-8-21-12-15(25)14-6-4-5-7-16(14)29-3;/h4-7,13,15,21H,8-12H2,1-3H3;1H. The van der Waals surface area contributed by atoms with Crippen molar-refractivity contribution in [3.05, 3.63) is 57.0 Å². The lowest BCUT2D eigenvalue weighted by Crippen LogP contribution is -2.47. The van der Waals surface area contributed by atoms with Crippen LogP contribution in [0.2, 0.25) is 0 Å². The van der Waals surface area contributed by atoms with Gasteiger partial charge in [-0.15, -0.1) is 12.4 Å². The number of aromatic nitrogens is 4. The minimum atomic E-state index is -0.369. The molecule has 9 nitrogen and oxygen atoms in total. The van der Waals surface area contributed by atoms with E-state index in [1.54, 1.807) is 20.5 Å². The molecular weight excluding hydrogens is 408 g/mol. The molecule has 1 N–H and O–H groups in total. The molecular formula is C20H27ClN6O3. The average Bonchev–Trinajstić information content (AvgIpc) is 3.19. The van der Waals surface area contributed by atoms with Crippen molar-refractivity contribution in [1.29, 1.82) is 0 Å². The Bertz CT molecular complexity index is 1150. The largest absolute Gasteiger partial charge is 0.496 e. The number of benzene rings is 1. The van der Waals surface area contributed by atoms with E-state index < -0.39 is 0 Å². The number of nitrogens with one attached hydrogen (secondary N) is 1. The maximum Gasteiger partial charge on any atom is 0.332 e. The quantitative estimate of drug-likeness (QED) is 0.629. The molecule has 0 radical (unpaired) electrons. The van der Waals surface area contributed by atoms with Gasteiger partial charge in [0.1, 0.15) is 5.75 Å². The maximum absolute atomic E-state index is 12.7. The van der Waals surface area contributed by atoms with E-state index in [1.807, 2.05) is 22.8 Å². The van der Waals surface area contributed by atoms with Gasteiger partial charge in [-0.2, -0.15) is 0 Å². The van der Waals surface area contributed by atoms with Gasteiger partial charge in [0.2, 0.25) is 0 Å². The fourth-order valence-corrected chi connectivity index (χ4v) is 4.07. The summed E-state index contributed by atoms with van der Waals surface area (Å²) in [4.78, 5) is 31.5. The summed E-state index contributed by atoms with van der Waals surface area (Å²) in [5.74, 6) is 0.878. The first kappa shape index (κ1) is 22.1. The van der Waals surface area contributed by atoms with Crippen molar-refractivity contribution in [1.82, 2.24) is 28.9 Å². The molecule has 1 fully saturated rings. The minimum absolute atomic E-state index is 0. The van der Waals surface area contributed by atoms with Gasteiger partial charge >= 0.3 is 5.69 Å². The van der Waals surface area contributed by atoms with Gasteiger partial charge in [0.05, 0.1) is 19.5 Å². The Hall–Kier alpha value is -2.62. The van der Waals surface area contributed by atoms with Crippen LogP contribution in [-0.2, 0) is 20.6 Å². The molecule has 10 heteroatoms. The molecule has 1 atom stereocenters. The van der Waals surface area contributed by atoms with Crippen LogP contribution >= 0.6 is 12.4 Å². The lowest BCUT2D eigenvalue weighted by Gasteiger charge is -2.37. The zero-order valence-electron chi connectivity index (χ0n) is 17.4. The van der Waals surface area contributed by atoms with Crippen LogP contribution in [0.15, 0.2) is 40.2 Å². The third-order valence-electron chi connectivity index (χ3n) is 5.70. The van der Waals surface area contributed by atoms with Gasteiger partial charge in [-0.3, -0.25) is 18.8 Å². The normalized spacial score (nSPS) is 17.1. The van der Waals surface area contributed by atoms with Gasteiger partial charge < -0.3 is 14.6 Å². The van der Waals surface area contributed by atoms with Crippen molar-refractivity contribution < 1.29 is 4.74 Å². The summed E-state index contributed by atoms with van der Waals surface area (Å²) in [5.41, 5.74) is 1.34. The van der Waals surface area contributed by atoms with E-state index in [2.05, 4.69) is 21.3 Å². The Morgan fingerprint density at radius 3 is 2.70 bits per heavy atom. The molecule has 1 aliphatic rings. The number of aryl methyl sites for hydroxylation is 1. The number of halogens is 1. The van der Waals surface area contributed by atoms with Crippen LogP contribution in [0, 0.1) is 0 Å². The van der Waals surface area contributed by atoms with Crippen molar-refractivity contribution in [2.75, 3.05) is 33.3 Å². The molecule has 3 heterocycles. The second-order valence-electron chi connectivity index (χ2n) is 7.31. The van der Waals surface area contributed by atoms with Crippen molar-refractivity contribution in [3.63, 3.8) is 0 Å². The van der Waals surface area contributed by atoms with Crippen LogP contribution in [-0.4, -0.2) is 56.9 Å². The van der Waals surface area contributed by atoms with Gasteiger partial charge in [-0.25, -0.2) is 9.78 Å². The number of hydrogen-bond acceptors (Lipinski definition) is 6. The third-order valence-corrected chi connectivity index (χ3v) is 5.70. The van der Waals surface area contributed by atoms with E-state index in [0.717, 1.165) is 42.1 Å². The first-order valence-electron chi connectivity index (χ1n) is 9.71. The Kier molecular flexibility index (Phi) is 6.64. The minimum Gasteiger partial charge on any atom is -0.496 e. The molecule has 0 saturated carbocycles. The van der Waals surface area contributed by atoms with Gasteiger partial charge in [0.25, 0.3) is 5.56 Å². The smallest absolute Gasteiger partial charge is 0.332 e. The molecule has 1 aliphatic heterocycles. The summed E-state index contributed by atoms with van der Waals surface area (Å²) in [5, 5.41) is 3.46. The number of piperazine rings is 1. The second kappa shape index (κ2) is 9.03. The molecule has 4 rings (SSSR count). The van der Waals surface area contributed by atoms with Gasteiger partial charge in [0.15, 0.2) is 11.2 Å². The van der Waals surface area contributed by atoms with Crippen LogP contribution in [0.5, 0.6) is 5.75 Å².